The molecule has 0 saturated heterocycles. The molecule has 0 aliphatic heterocycles. The quantitative estimate of drug-likeness (QED) is 0.291. The van der Waals surface area contributed by atoms with Crippen molar-refractivity contribution in [3.8, 4) is 0 Å². The summed E-state index contributed by atoms with van der Waals surface area (Å²) in [5.74, 6) is 0. The summed E-state index contributed by atoms with van der Waals surface area (Å²) < 4.78 is 19.5. The molecule has 0 aromatic carbocycles. The van der Waals surface area contributed by atoms with Crippen molar-refractivity contribution >= 4 is 11.1 Å². The molecule has 36 valence electrons. The van der Waals surface area contributed by atoms with Crippen molar-refractivity contribution in [3.63, 3.8) is 0 Å². The predicted molar refractivity (Wildman–Crippen MR) is 21.9 cm³/mol. The van der Waals surface area contributed by atoms with Crippen molar-refractivity contribution < 1.29 is 60.1 Å². The van der Waals surface area contributed by atoms with Crippen LogP contribution in [0.15, 0.2) is 0 Å². The Kier molecular flexibility index (Phi) is 4.64. The van der Waals surface area contributed by atoms with E-state index in [-0.39, 0.29) is 56.6 Å². The predicted octanol–water partition coefficient (Wildman–Crippen LogP) is -2.97. The van der Waals surface area contributed by atoms with Gasteiger partial charge in [-0.2, -0.15) is 0 Å². The van der Waals surface area contributed by atoms with E-state index >= 15 is 0 Å². The van der Waals surface area contributed by atoms with E-state index in [1.807, 2.05) is 0 Å². The van der Waals surface area contributed by atoms with Crippen molar-refractivity contribution in [1.29, 1.82) is 0 Å². The minimum atomic E-state index is -1.76. The molecule has 0 aromatic rings. The Hall–Kier alpha value is 1.75. The van der Waals surface area contributed by atoms with Crippen LogP contribution in [0.4, 0.5) is 0 Å². The van der Waals surface area contributed by atoms with Crippen LogP contribution in [0.25, 0.3) is 0 Å². The van der Waals surface area contributed by atoms with E-state index in [1.54, 1.807) is 0 Å². The number of hydrogen-bond acceptors (Lipinski definition) is 2. The van der Waals surface area contributed by atoms with E-state index in [2.05, 4.69) is 0 Å². The van der Waals surface area contributed by atoms with Gasteiger partial charge in [0.05, 0.1) is 0 Å². The van der Waals surface area contributed by atoms with E-state index in [0.717, 1.165) is 12.8 Å². The van der Waals surface area contributed by atoms with Gasteiger partial charge in [0, 0.05) is 5.25 Å². The molecule has 0 radical (unpaired) electrons. The first-order chi connectivity index (χ1) is 2.80. The van der Waals surface area contributed by atoms with Gasteiger partial charge < -0.3 is 4.55 Å². The van der Waals surface area contributed by atoms with Crippen molar-refractivity contribution in [2.75, 3.05) is 0 Å². The van der Waals surface area contributed by atoms with Crippen molar-refractivity contribution in [3.05, 3.63) is 0 Å². The Balaban J connectivity index is 0.000000360. The Morgan fingerprint density at radius 3 is 2.00 bits per heavy atom. The maximum Gasteiger partial charge on any atom is 1.00 e. The molecule has 2 nitrogen and oxygen atoms in total. The molecule has 1 saturated carbocycles. The first-order valence-electron chi connectivity index (χ1n) is 1.89. The smallest absolute Gasteiger partial charge is 0.772 e. The van der Waals surface area contributed by atoms with E-state index in [9.17, 15) is 8.76 Å². The van der Waals surface area contributed by atoms with Crippen LogP contribution in [0.1, 0.15) is 12.8 Å². The fourth-order valence-corrected chi connectivity index (χ4v) is 0.781. The van der Waals surface area contributed by atoms with Crippen LogP contribution in [0.3, 0.4) is 0 Å². The molecule has 0 amide bonds. The van der Waals surface area contributed by atoms with E-state index in [1.165, 1.54) is 0 Å². The molecule has 0 spiro atoms. The molecule has 0 N–H and O–H groups in total. The normalized spacial score (nSPS) is 23.0. The van der Waals surface area contributed by atoms with Crippen molar-refractivity contribution in [2.24, 2.45) is 0 Å². The van der Waals surface area contributed by atoms with Gasteiger partial charge in [0.2, 0.25) is 0 Å². The first kappa shape index (κ1) is 8.75. The Bertz CT molecular complexity index is 81.0. The Morgan fingerprint density at radius 2 is 2.00 bits per heavy atom. The third kappa shape index (κ3) is 3.34. The third-order valence-corrected chi connectivity index (χ3v) is 1.81. The molecular formula is C3H5KO2S. The Morgan fingerprint density at radius 1 is 1.57 bits per heavy atom. The van der Waals surface area contributed by atoms with E-state index in [0.29, 0.717) is 0 Å². The summed E-state index contributed by atoms with van der Waals surface area (Å²) in [5, 5.41) is 0.0185. The largest absolute Gasteiger partial charge is 1.00 e. The van der Waals surface area contributed by atoms with Gasteiger partial charge in [-0.25, -0.2) is 0 Å². The van der Waals surface area contributed by atoms with E-state index < -0.39 is 11.1 Å². The number of rotatable bonds is 1. The summed E-state index contributed by atoms with van der Waals surface area (Å²) in [6.45, 7) is 0. The topological polar surface area (TPSA) is 40.1 Å². The van der Waals surface area contributed by atoms with Gasteiger partial charge in [-0.15, -0.1) is 0 Å². The summed E-state index contributed by atoms with van der Waals surface area (Å²) in [4.78, 5) is 0. The maximum atomic E-state index is 9.76. The van der Waals surface area contributed by atoms with Crippen LogP contribution in [0.2, 0.25) is 0 Å². The van der Waals surface area contributed by atoms with Gasteiger partial charge in [0.25, 0.3) is 0 Å². The van der Waals surface area contributed by atoms with Gasteiger partial charge in [0.1, 0.15) is 0 Å². The van der Waals surface area contributed by atoms with Gasteiger partial charge in [0.15, 0.2) is 0 Å². The van der Waals surface area contributed by atoms with Gasteiger partial charge >= 0.3 is 51.4 Å². The molecule has 1 rings (SSSR count). The van der Waals surface area contributed by atoms with Crippen LogP contribution in [0.5, 0.6) is 0 Å². The molecule has 1 unspecified atom stereocenters. The molecule has 1 aliphatic rings. The molecule has 0 heterocycles. The fourth-order valence-electron chi connectivity index (χ4n) is 0.260. The second-order valence-corrected chi connectivity index (χ2v) is 2.65. The summed E-state index contributed by atoms with van der Waals surface area (Å²) in [5.41, 5.74) is 0. The average molecular weight is 144 g/mol. The Labute approximate surface area is 87.8 Å². The molecule has 0 aromatic heterocycles. The third-order valence-electron chi connectivity index (χ3n) is 0.797. The molecular weight excluding hydrogens is 139 g/mol. The van der Waals surface area contributed by atoms with Crippen molar-refractivity contribution in [2.45, 2.75) is 18.1 Å². The van der Waals surface area contributed by atoms with Gasteiger partial charge in [-0.1, -0.05) is 11.1 Å². The molecule has 1 fully saturated rings. The zero-order chi connectivity index (χ0) is 4.57. The first-order valence-corrected chi connectivity index (χ1v) is 3.02. The minimum absolute atomic E-state index is 0. The van der Waals surface area contributed by atoms with Crippen LogP contribution in [-0.4, -0.2) is 14.0 Å². The zero-order valence-electron chi connectivity index (χ0n) is 4.22. The van der Waals surface area contributed by atoms with Crippen LogP contribution in [0, 0.1) is 0 Å². The second kappa shape index (κ2) is 3.71. The van der Waals surface area contributed by atoms with Gasteiger partial charge in [-0.05, 0) is 12.8 Å². The second-order valence-electron chi connectivity index (χ2n) is 1.46. The zero-order valence-corrected chi connectivity index (χ0v) is 8.16. The van der Waals surface area contributed by atoms with Crippen molar-refractivity contribution in [1.82, 2.24) is 0 Å². The molecule has 0 bridgehead atoms. The minimum Gasteiger partial charge on any atom is -0.772 e. The summed E-state index contributed by atoms with van der Waals surface area (Å²) >= 11 is -1.76. The summed E-state index contributed by atoms with van der Waals surface area (Å²) in [7, 11) is 0. The standard InChI is InChI=1S/C3H6O2S.K/c4-6(5)3-1-2-3;/h3H,1-2H2,(H,4,5);/q;+1/p-1. The summed E-state index contributed by atoms with van der Waals surface area (Å²) in [6, 6.07) is 0. The monoisotopic (exact) mass is 144 g/mol. The van der Waals surface area contributed by atoms with E-state index in [4.69, 9.17) is 0 Å². The van der Waals surface area contributed by atoms with Crippen LogP contribution < -0.4 is 51.4 Å². The molecule has 7 heavy (non-hydrogen) atoms. The average Bonchev–Trinajstić information content (AvgIpc) is 2.06. The van der Waals surface area contributed by atoms with Crippen LogP contribution in [-0.2, 0) is 11.1 Å². The number of hydrogen-bond donors (Lipinski definition) is 0. The molecule has 1 atom stereocenters. The van der Waals surface area contributed by atoms with Crippen LogP contribution >= 0.6 is 0 Å². The molecule has 1 aliphatic carbocycles. The SMILES string of the molecule is O=S([O-])C1CC1.[K+]. The summed E-state index contributed by atoms with van der Waals surface area (Å²) in [6.07, 6.45) is 1.77. The molecule has 4 heteroatoms. The maximum absolute atomic E-state index is 9.76. The van der Waals surface area contributed by atoms with Gasteiger partial charge in [-0.3, -0.25) is 4.21 Å². The fraction of sp³-hybridized carbons (Fsp3) is 1.00.